The van der Waals surface area contributed by atoms with Crippen molar-refractivity contribution in [2.24, 2.45) is 0 Å². The Morgan fingerprint density at radius 2 is 0.912 bits per heavy atom. The highest BCUT2D eigenvalue weighted by atomic mass is 16.1. The molecule has 6 heteroatoms. The van der Waals surface area contributed by atoms with Gasteiger partial charge in [-0.3, -0.25) is 20.4 Å². The second-order valence-corrected chi connectivity index (χ2v) is 7.87. The zero-order valence-corrected chi connectivity index (χ0v) is 18.1. The molecule has 0 saturated carbocycles. The van der Waals surface area contributed by atoms with Gasteiger partial charge in [0.15, 0.2) is 10.9 Å². The van der Waals surface area contributed by atoms with Gasteiger partial charge in [0.2, 0.25) is 0 Å². The molecule has 0 radical (unpaired) electrons. The molecule has 34 heavy (non-hydrogen) atoms. The smallest absolute Gasteiger partial charge is 0.196 e. The molecule has 3 aliphatic carbocycles. The highest BCUT2D eigenvalue weighted by Gasteiger charge is 2.09. The molecule has 0 atom stereocenters. The van der Waals surface area contributed by atoms with Crippen LogP contribution in [0.15, 0.2) is 94.5 Å². The third-order valence-electron chi connectivity index (χ3n) is 5.75. The van der Waals surface area contributed by atoms with Crippen molar-refractivity contribution in [2.75, 3.05) is 10.6 Å². The molecule has 2 aromatic carbocycles. The van der Waals surface area contributed by atoms with Crippen LogP contribution in [0.4, 0.5) is 11.4 Å². The van der Waals surface area contributed by atoms with Gasteiger partial charge < -0.3 is 10.6 Å². The molecule has 4 N–H and O–H groups in total. The molecule has 0 unspecified atom stereocenters. The molecular weight excluding hydrogens is 424 g/mol. The van der Waals surface area contributed by atoms with E-state index in [1.54, 1.807) is 36.7 Å². The molecule has 0 saturated heterocycles. The average molecular weight is 444 g/mol. The monoisotopic (exact) mass is 444 g/mol. The lowest BCUT2D eigenvalue weighted by atomic mass is 10.0. The molecule has 0 fully saturated rings. The minimum absolute atomic E-state index is 0.0159. The summed E-state index contributed by atoms with van der Waals surface area (Å²) in [6.07, 6.45) is 3.29. The first-order valence-corrected chi connectivity index (χ1v) is 10.7. The number of hydrogen-bond acceptors (Lipinski definition) is 6. The summed E-state index contributed by atoms with van der Waals surface area (Å²) < 4.78 is 0. The topological polar surface area (TPSA) is 106 Å². The van der Waals surface area contributed by atoms with Gasteiger partial charge in [-0.15, -0.1) is 0 Å². The van der Waals surface area contributed by atoms with Crippen LogP contribution in [-0.4, -0.2) is 0 Å². The minimum atomic E-state index is -0.416. The first-order valence-electron chi connectivity index (χ1n) is 10.7. The van der Waals surface area contributed by atoms with Gasteiger partial charge in [-0.05, 0) is 36.4 Å². The molecule has 0 spiro atoms. The van der Waals surface area contributed by atoms with E-state index in [4.69, 9.17) is 10.8 Å². The van der Waals surface area contributed by atoms with Gasteiger partial charge >= 0.3 is 0 Å². The van der Waals surface area contributed by atoms with Gasteiger partial charge in [-0.2, -0.15) is 0 Å². The zero-order chi connectivity index (χ0) is 23.7. The highest BCUT2D eigenvalue weighted by molar-refractivity contribution is 5.54. The Hall–Kier alpha value is -4.84. The summed E-state index contributed by atoms with van der Waals surface area (Å²) in [7, 11) is 0. The molecule has 164 valence electrons. The number of rotatable bonds is 4. The fourth-order valence-corrected chi connectivity index (χ4v) is 3.99. The molecular formula is C28H20N4O2. The standard InChI is InChI=1S/C28H20N4O2/c29-25-17(15-31-19-7-3-1-4-8-19)11-13-21-23(25)27(33)22-14-12-18(26(30)24(22)28(21)34)16-32-20-9-5-2-6-10-20/h1-16,29-32H/b17-15+,18-16+,29-25?,30-26?. The van der Waals surface area contributed by atoms with Crippen molar-refractivity contribution in [1.29, 1.82) is 10.8 Å². The second kappa shape index (κ2) is 8.60. The fourth-order valence-electron chi connectivity index (χ4n) is 3.99. The van der Waals surface area contributed by atoms with Crippen LogP contribution in [-0.2, 0) is 0 Å². The van der Waals surface area contributed by atoms with Crippen LogP contribution < -0.4 is 42.6 Å². The largest absolute Gasteiger partial charge is 0.361 e. The highest BCUT2D eigenvalue weighted by Crippen LogP contribution is 2.04. The van der Waals surface area contributed by atoms with E-state index in [1.165, 1.54) is 0 Å². The van der Waals surface area contributed by atoms with Crippen LogP contribution in [0.5, 0.6) is 0 Å². The predicted molar refractivity (Wildman–Crippen MR) is 132 cm³/mol. The summed E-state index contributed by atoms with van der Waals surface area (Å²) in [5.74, 6) is 0. The molecule has 5 rings (SSSR count). The second-order valence-electron chi connectivity index (χ2n) is 7.87. The maximum absolute atomic E-state index is 13.3. The SMILES string of the molecule is N=c1c2c(=O)c3cc/c(=C\Nc4ccccc4)c(=N)c=3c(=O)c=2cc/c1=C\Nc1ccccc1. The summed E-state index contributed by atoms with van der Waals surface area (Å²) in [6, 6.07) is 25.3. The first kappa shape index (κ1) is 21.0. The summed E-state index contributed by atoms with van der Waals surface area (Å²) in [6.45, 7) is 0. The van der Waals surface area contributed by atoms with Crippen molar-refractivity contribution < 1.29 is 0 Å². The molecule has 2 aromatic rings. The predicted octanol–water partition coefficient (Wildman–Crippen LogP) is 1.39. The normalized spacial score (nSPS) is 12.4. The molecule has 0 bridgehead atoms. The van der Waals surface area contributed by atoms with Crippen molar-refractivity contribution in [2.45, 2.75) is 0 Å². The van der Waals surface area contributed by atoms with E-state index in [2.05, 4.69) is 10.6 Å². The Kier molecular flexibility index (Phi) is 5.32. The van der Waals surface area contributed by atoms with E-state index in [1.807, 2.05) is 60.7 Å². The molecule has 0 aliphatic heterocycles. The summed E-state index contributed by atoms with van der Waals surface area (Å²) in [5, 5.41) is 24.8. The number of benzene rings is 2. The van der Waals surface area contributed by atoms with Crippen LogP contribution in [0, 0.1) is 31.7 Å². The Labute approximate surface area is 192 Å². The van der Waals surface area contributed by atoms with E-state index in [-0.39, 0.29) is 31.6 Å². The number of hydrogen-bond donors (Lipinski definition) is 4. The molecule has 0 amide bonds. The molecule has 6 nitrogen and oxygen atoms in total. The lowest BCUT2D eigenvalue weighted by molar-refractivity contribution is 1.11. The third-order valence-corrected chi connectivity index (χ3v) is 5.75. The lowest BCUT2D eigenvalue weighted by Crippen LogP contribution is -2.37. The first-order chi connectivity index (χ1) is 16.5. The number of para-hydroxylation sites is 2. The van der Waals surface area contributed by atoms with E-state index >= 15 is 0 Å². The third kappa shape index (κ3) is 3.67. The Morgan fingerprint density at radius 1 is 0.529 bits per heavy atom. The molecule has 0 heterocycles. The fraction of sp³-hybridized carbons (Fsp3) is 0. The maximum Gasteiger partial charge on any atom is 0.196 e. The number of anilines is 2. The van der Waals surface area contributed by atoms with Gasteiger partial charge in [0.25, 0.3) is 0 Å². The van der Waals surface area contributed by atoms with Gasteiger partial charge in [-0.1, -0.05) is 48.5 Å². The summed E-state index contributed by atoms with van der Waals surface area (Å²) in [5.41, 5.74) is 0.861. The van der Waals surface area contributed by atoms with Crippen LogP contribution in [0.2, 0.25) is 0 Å². The summed E-state index contributed by atoms with van der Waals surface area (Å²) >= 11 is 0. The minimum Gasteiger partial charge on any atom is -0.361 e. The maximum atomic E-state index is 13.3. The van der Waals surface area contributed by atoms with Crippen LogP contribution in [0.1, 0.15) is 0 Å². The van der Waals surface area contributed by atoms with Gasteiger partial charge in [-0.25, -0.2) is 0 Å². The van der Waals surface area contributed by atoms with Crippen molar-refractivity contribution in [3.63, 3.8) is 0 Å². The van der Waals surface area contributed by atoms with Gasteiger partial charge in [0, 0.05) is 44.6 Å². The van der Waals surface area contributed by atoms with Crippen molar-refractivity contribution in [3.05, 3.63) is 147 Å². The number of nitrogens with one attached hydrogen (secondary N) is 4. The average Bonchev–Trinajstić information content (AvgIpc) is 2.87. The van der Waals surface area contributed by atoms with Crippen molar-refractivity contribution in [1.82, 2.24) is 0 Å². The van der Waals surface area contributed by atoms with E-state index in [0.717, 1.165) is 11.4 Å². The Balaban J connectivity index is 1.73. The summed E-state index contributed by atoms with van der Waals surface area (Å²) in [4.78, 5) is 26.7. The van der Waals surface area contributed by atoms with Crippen LogP contribution in [0.3, 0.4) is 0 Å². The Bertz CT molecular complexity index is 1830. The van der Waals surface area contributed by atoms with Crippen LogP contribution in [0.25, 0.3) is 12.4 Å². The zero-order valence-electron chi connectivity index (χ0n) is 18.1. The quantitative estimate of drug-likeness (QED) is 0.336. The van der Waals surface area contributed by atoms with E-state index in [0.29, 0.717) is 10.4 Å². The van der Waals surface area contributed by atoms with Crippen molar-refractivity contribution in [3.8, 4) is 0 Å². The van der Waals surface area contributed by atoms with Gasteiger partial charge in [0.05, 0.1) is 21.2 Å². The van der Waals surface area contributed by atoms with Crippen LogP contribution >= 0.6 is 0 Å². The lowest BCUT2D eigenvalue weighted by Gasteiger charge is -2.01. The molecule has 0 aromatic heterocycles. The molecule has 3 aliphatic rings. The van der Waals surface area contributed by atoms with E-state index < -0.39 is 10.9 Å². The van der Waals surface area contributed by atoms with Crippen molar-refractivity contribution >= 4 is 23.8 Å². The van der Waals surface area contributed by atoms with E-state index in [9.17, 15) is 9.59 Å². The van der Waals surface area contributed by atoms with Gasteiger partial charge in [0.1, 0.15) is 0 Å². The Morgan fingerprint density at radius 3 is 1.29 bits per heavy atom.